The number of nitro groups is 1. The number of sulfonamides is 1. The van der Waals surface area contributed by atoms with E-state index in [9.17, 15) is 23.3 Å². The van der Waals surface area contributed by atoms with Gasteiger partial charge in [0.2, 0.25) is 0 Å². The number of hydrogen-bond acceptors (Lipinski definition) is 6. The van der Waals surface area contributed by atoms with Crippen molar-refractivity contribution in [3.05, 3.63) is 92.8 Å². The topological polar surface area (TPSA) is 124 Å². The fourth-order valence-electron chi connectivity index (χ4n) is 3.37. The fourth-order valence-corrected chi connectivity index (χ4v) is 5.54. The van der Waals surface area contributed by atoms with Crippen LogP contribution in [0.4, 0.5) is 11.4 Å². The van der Waals surface area contributed by atoms with Crippen LogP contribution in [0.15, 0.2) is 76.6 Å². The highest BCUT2D eigenvalue weighted by molar-refractivity contribution is 7.92. The van der Waals surface area contributed by atoms with Crippen LogP contribution in [-0.4, -0.2) is 23.8 Å². The van der Waals surface area contributed by atoms with Gasteiger partial charge in [0.25, 0.3) is 21.6 Å². The first-order valence-electron chi connectivity index (χ1n) is 10.2. The van der Waals surface area contributed by atoms with Gasteiger partial charge < -0.3 is 4.57 Å². The van der Waals surface area contributed by atoms with Crippen LogP contribution in [-0.2, 0) is 16.6 Å². The molecule has 11 heteroatoms. The highest BCUT2D eigenvalue weighted by atomic mass is 32.2. The number of nitrogens with zero attached hydrogens (tertiary/aromatic N) is 3. The van der Waals surface area contributed by atoms with Crippen molar-refractivity contribution in [2.24, 2.45) is 4.99 Å². The number of anilines is 1. The predicted octanol–water partition coefficient (Wildman–Crippen LogP) is 4.48. The number of nitrogens with one attached hydrogen (secondary N) is 1. The minimum atomic E-state index is -3.82. The van der Waals surface area contributed by atoms with Gasteiger partial charge in [-0.05, 0) is 50.2 Å². The number of aromatic nitrogens is 1. The van der Waals surface area contributed by atoms with E-state index < -0.39 is 20.9 Å². The molecule has 0 saturated heterocycles. The zero-order chi connectivity index (χ0) is 24.5. The van der Waals surface area contributed by atoms with Gasteiger partial charge in [0.15, 0.2) is 4.80 Å². The van der Waals surface area contributed by atoms with Crippen molar-refractivity contribution < 1.29 is 18.1 Å². The van der Waals surface area contributed by atoms with Gasteiger partial charge in [-0.3, -0.25) is 19.6 Å². The molecule has 1 N–H and O–H groups in total. The molecule has 1 amide bonds. The molecule has 0 radical (unpaired) electrons. The molecule has 4 aromatic rings. The van der Waals surface area contributed by atoms with Crippen LogP contribution < -0.4 is 9.52 Å². The van der Waals surface area contributed by atoms with E-state index in [2.05, 4.69) is 9.71 Å². The maximum absolute atomic E-state index is 12.9. The fraction of sp³-hybridized carbons (Fsp3) is 0.130. The number of aryl methyl sites for hydroxylation is 2. The lowest BCUT2D eigenvalue weighted by atomic mass is 10.2. The minimum absolute atomic E-state index is 0.0385. The molecular formula is C23H20N4O5S2. The van der Waals surface area contributed by atoms with Gasteiger partial charge in [0.1, 0.15) is 0 Å². The Balaban J connectivity index is 1.67. The quantitative estimate of drug-likeness (QED) is 0.311. The van der Waals surface area contributed by atoms with Crippen LogP contribution >= 0.6 is 11.3 Å². The SMILES string of the molecule is CCn1c(=NC(=O)c2cccc(NS(=O)(=O)c3ccc(C)cc3)c2)sc2cc([N+](=O)[O-])ccc21. The van der Waals surface area contributed by atoms with Gasteiger partial charge in [-0.1, -0.05) is 35.1 Å². The van der Waals surface area contributed by atoms with E-state index in [1.165, 1.54) is 41.7 Å². The Kier molecular flexibility index (Phi) is 6.31. The summed E-state index contributed by atoms with van der Waals surface area (Å²) in [6, 6.07) is 17.0. The maximum atomic E-state index is 12.9. The molecule has 0 atom stereocenters. The maximum Gasteiger partial charge on any atom is 0.279 e. The first kappa shape index (κ1) is 23.3. The Morgan fingerprint density at radius 2 is 1.85 bits per heavy atom. The Bertz CT molecular complexity index is 1590. The summed E-state index contributed by atoms with van der Waals surface area (Å²) in [7, 11) is -3.82. The third-order valence-corrected chi connectivity index (χ3v) is 7.52. The molecule has 1 heterocycles. The van der Waals surface area contributed by atoms with E-state index in [1.54, 1.807) is 41.0 Å². The first-order chi connectivity index (χ1) is 16.2. The van der Waals surface area contributed by atoms with Gasteiger partial charge >= 0.3 is 0 Å². The number of nitro benzene ring substituents is 1. The second kappa shape index (κ2) is 9.20. The summed E-state index contributed by atoms with van der Waals surface area (Å²) in [4.78, 5) is 28.2. The molecule has 0 aliphatic carbocycles. The van der Waals surface area contributed by atoms with Crippen LogP contribution in [0.1, 0.15) is 22.8 Å². The number of carbonyl (C=O) groups is 1. The zero-order valence-corrected chi connectivity index (χ0v) is 19.9. The molecule has 0 aliphatic rings. The third kappa shape index (κ3) is 4.75. The summed E-state index contributed by atoms with van der Waals surface area (Å²) in [6.45, 7) is 4.26. The predicted molar refractivity (Wildman–Crippen MR) is 130 cm³/mol. The highest BCUT2D eigenvalue weighted by Crippen LogP contribution is 2.23. The summed E-state index contributed by atoms with van der Waals surface area (Å²) < 4.78 is 30.3. The van der Waals surface area contributed by atoms with Crippen LogP contribution in [0.2, 0.25) is 0 Å². The molecule has 34 heavy (non-hydrogen) atoms. The van der Waals surface area contributed by atoms with Gasteiger partial charge in [-0.25, -0.2) is 8.42 Å². The van der Waals surface area contributed by atoms with Crippen molar-refractivity contribution in [1.82, 2.24) is 4.57 Å². The molecule has 174 valence electrons. The van der Waals surface area contributed by atoms with Crippen molar-refractivity contribution in [1.29, 1.82) is 0 Å². The van der Waals surface area contributed by atoms with Crippen LogP contribution in [0, 0.1) is 17.0 Å². The van der Waals surface area contributed by atoms with Gasteiger partial charge in [-0.15, -0.1) is 0 Å². The van der Waals surface area contributed by atoms with Crippen LogP contribution in [0.5, 0.6) is 0 Å². The van der Waals surface area contributed by atoms with Gasteiger partial charge in [0.05, 0.1) is 20.0 Å². The van der Waals surface area contributed by atoms with Crippen LogP contribution in [0.3, 0.4) is 0 Å². The van der Waals surface area contributed by atoms with E-state index in [0.717, 1.165) is 11.1 Å². The van der Waals surface area contributed by atoms with Crippen molar-refractivity contribution in [3.63, 3.8) is 0 Å². The number of carbonyl (C=O) groups excluding carboxylic acids is 1. The molecule has 3 aromatic carbocycles. The van der Waals surface area contributed by atoms with E-state index in [4.69, 9.17) is 0 Å². The summed E-state index contributed by atoms with van der Waals surface area (Å²) in [6.07, 6.45) is 0. The summed E-state index contributed by atoms with van der Waals surface area (Å²) in [5, 5.41) is 11.1. The Morgan fingerprint density at radius 3 is 2.53 bits per heavy atom. The lowest BCUT2D eigenvalue weighted by Gasteiger charge is -2.09. The van der Waals surface area contributed by atoms with Crippen molar-refractivity contribution in [2.75, 3.05) is 4.72 Å². The van der Waals surface area contributed by atoms with Crippen molar-refractivity contribution in [2.45, 2.75) is 25.3 Å². The summed E-state index contributed by atoms with van der Waals surface area (Å²) >= 11 is 1.18. The molecule has 0 unspecified atom stereocenters. The number of fused-ring (bicyclic) bond motifs is 1. The van der Waals surface area contributed by atoms with Gasteiger partial charge in [-0.2, -0.15) is 4.99 Å². The first-order valence-corrected chi connectivity index (χ1v) is 12.5. The summed E-state index contributed by atoms with van der Waals surface area (Å²) in [5.41, 5.74) is 2.08. The van der Waals surface area contributed by atoms with E-state index in [0.29, 0.717) is 16.0 Å². The molecule has 4 rings (SSSR count). The standard InChI is InChI=1S/C23H20N4O5S2/c1-3-26-20-12-9-18(27(29)30)14-21(20)33-23(26)24-22(28)16-5-4-6-17(13-16)25-34(31,32)19-10-7-15(2)8-11-19/h4-14,25H,3H2,1-2H3. The lowest BCUT2D eigenvalue weighted by molar-refractivity contribution is -0.384. The smallest absolute Gasteiger partial charge is 0.279 e. The Labute approximate surface area is 199 Å². The number of hydrogen-bond donors (Lipinski definition) is 1. The largest absolute Gasteiger partial charge is 0.317 e. The number of non-ortho nitro benzene ring substituents is 1. The second-order valence-corrected chi connectivity index (χ2v) is 10.1. The number of benzene rings is 3. The normalized spacial score (nSPS) is 12.1. The Hall–Kier alpha value is -3.83. The molecular weight excluding hydrogens is 476 g/mol. The number of thiazole rings is 1. The Morgan fingerprint density at radius 1 is 1.12 bits per heavy atom. The number of amides is 1. The molecule has 0 saturated carbocycles. The summed E-state index contributed by atoms with van der Waals surface area (Å²) in [5.74, 6) is -0.556. The van der Waals surface area contributed by atoms with Crippen molar-refractivity contribution in [3.8, 4) is 0 Å². The molecule has 0 aliphatic heterocycles. The molecule has 0 spiro atoms. The van der Waals surface area contributed by atoms with E-state index in [1.807, 2.05) is 13.8 Å². The highest BCUT2D eigenvalue weighted by Gasteiger charge is 2.16. The average molecular weight is 497 g/mol. The average Bonchev–Trinajstić information content (AvgIpc) is 3.15. The molecule has 0 bridgehead atoms. The molecule has 1 aromatic heterocycles. The third-order valence-electron chi connectivity index (χ3n) is 5.08. The lowest BCUT2D eigenvalue weighted by Crippen LogP contribution is -2.16. The molecule has 9 nitrogen and oxygen atoms in total. The second-order valence-electron chi connectivity index (χ2n) is 7.45. The number of rotatable bonds is 6. The van der Waals surface area contributed by atoms with Crippen LogP contribution in [0.25, 0.3) is 10.2 Å². The monoisotopic (exact) mass is 496 g/mol. The van der Waals surface area contributed by atoms with Gasteiger partial charge in [0, 0.05) is 29.9 Å². The zero-order valence-electron chi connectivity index (χ0n) is 18.3. The minimum Gasteiger partial charge on any atom is -0.317 e. The van der Waals surface area contributed by atoms with Crippen molar-refractivity contribution >= 4 is 48.9 Å². The molecule has 0 fully saturated rings. The van der Waals surface area contributed by atoms with E-state index >= 15 is 0 Å². The van der Waals surface area contributed by atoms with E-state index in [-0.39, 0.29) is 21.8 Å².